The molecule has 0 radical (unpaired) electrons. The lowest BCUT2D eigenvalue weighted by Gasteiger charge is -2.66. The summed E-state index contributed by atoms with van der Waals surface area (Å²) in [6.07, 6.45) is 0.590. The van der Waals surface area contributed by atoms with Gasteiger partial charge in [-0.2, -0.15) is 0 Å². The van der Waals surface area contributed by atoms with Crippen LogP contribution in [0.1, 0.15) is 59.8 Å². The monoisotopic (exact) mass is 500 g/mol. The minimum atomic E-state index is -1.51. The van der Waals surface area contributed by atoms with Crippen LogP contribution in [0.15, 0.2) is 11.6 Å². The van der Waals surface area contributed by atoms with Gasteiger partial charge in [0.05, 0.1) is 12.0 Å². The van der Waals surface area contributed by atoms with E-state index in [9.17, 15) is 24.3 Å². The Balaban J connectivity index is 1.39. The third-order valence-electron chi connectivity index (χ3n) is 11.7. The van der Waals surface area contributed by atoms with E-state index in [1.54, 1.807) is 0 Å². The van der Waals surface area contributed by atoms with Gasteiger partial charge in [0.2, 0.25) is 6.29 Å². The number of aliphatic hydroxyl groups excluding tert-OH is 1. The molecule has 3 aliphatic carbocycles. The van der Waals surface area contributed by atoms with Crippen LogP contribution in [0, 0.1) is 39.4 Å². The number of cyclic esters (lactones) is 3. The molecule has 3 saturated carbocycles. The molecule has 4 aliphatic heterocycles. The zero-order valence-corrected chi connectivity index (χ0v) is 21.0. The van der Waals surface area contributed by atoms with Crippen molar-refractivity contribution in [2.45, 2.75) is 83.9 Å². The summed E-state index contributed by atoms with van der Waals surface area (Å²) in [5, 5.41) is 10.4. The molecule has 0 aromatic carbocycles. The van der Waals surface area contributed by atoms with E-state index in [4.69, 9.17) is 18.9 Å². The molecule has 2 spiro atoms. The molecule has 0 aromatic rings. The minimum Gasteiger partial charge on any atom is -0.465 e. The highest BCUT2D eigenvalue weighted by Crippen LogP contribution is 2.80. The Morgan fingerprint density at radius 3 is 2.42 bits per heavy atom. The molecular formula is C27H32O9. The van der Waals surface area contributed by atoms with Crippen LogP contribution in [0.25, 0.3) is 0 Å². The summed E-state index contributed by atoms with van der Waals surface area (Å²) >= 11 is 0. The zero-order valence-electron chi connectivity index (χ0n) is 21.0. The van der Waals surface area contributed by atoms with Gasteiger partial charge in [-0.3, -0.25) is 9.59 Å². The average molecular weight is 501 g/mol. The molecule has 0 unspecified atom stereocenters. The zero-order chi connectivity index (χ0) is 25.6. The van der Waals surface area contributed by atoms with Gasteiger partial charge in [0, 0.05) is 35.3 Å². The van der Waals surface area contributed by atoms with Gasteiger partial charge >= 0.3 is 17.9 Å². The number of carbonyl (C=O) groups is 4. The van der Waals surface area contributed by atoms with Crippen molar-refractivity contribution in [3.8, 4) is 0 Å². The summed E-state index contributed by atoms with van der Waals surface area (Å²) in [4.78, 5) is 51.8. The Labute approximate surface area is 208 Å². The van der Waals surface area contributed by atoms with Crippen LogP contribution in [0.5, 0.6) is 0 Å². The molecule has 194 valence electrons. The maximum absolute atomic E-state index is 14.3. The van der Waals surface area contributed by atoms with Crippen molar-refractivity contribution in [3.05, 3.63) is 11.6 Å². The first-order valence-electron chi connectivity index (χ1n) is 13.0. The summed E-state index contributed by atoms with van der Waals surface area (Å²) < 4.78 is 22.8. The molecule has 9 heteroatoms. The Bertz CT molecular complexity index is 1170. The number of ether oxygens (including phenoxy) is 4. The number of ketones is 1. The normalized spacial score (nSPS) is 54.1. The van der Waals surface area contributed by atoms with Crippen molar-refractivity contribution in [2.24, 2.45) is 39.4 Å². The predicted molar refractivity (Wildman–Crippen MR) is 120 cm³/mol. The Morgan fingerprint density at radius 2 is 1.72 bits per heavy atom. The number of hydrogen-bond acceptors (Lipinski definition) is 9. The van der Waals surface area contributed by atoms with Crippen LogP contribution in [0.3, 0.4) is 0 Å². The third kappa shape index (κ3) is 2.24. The van der Waals surface area contributed by atoms with Gasteiger partial charge in [0.1, 0.15) is 17.5 Å². The number of rotatable bonds is 1. The van der Waals surface area contributed by atoms with Crippen LogP contribution >= 0.6 is 0 Å². The fourth-order valence-corrected chi connectivity index (χ4v) is 10.3. The van der Waals surface area contributed by atoms with Gasteiger partial charge in [0.25, 0.3) is 0 Å². The Hall–Kier alpha value is -2.26. The van der Waals surface area contributed by atoms with E-state index < -0.39 is 46.9 Å². The van der Waals surface area contributed by atoms with E-state index >= 15 is 0 Å². The molecular weight excluding hydrogens is 468 g/mol. The lowest BCUT2D eigenvalue weighted by atomic mass is 9.37. The third-order valence-corrected chi connectivity index (χ3v) is 11.7. The van der Waals surface area contributed by atoms with Gasteiger partial charge in [-0.1, -0.05) is 20.8 Å². The largest absolute Gasteiger partial charge is 0.465 e. The van der Waals surface area contributed by atoms with Gasteiger partial charge in [-0.05, 0) is 49.4 Å². The number of esters is 3. The van der Waals surface area contributed by atoms with E-state index in [1.807, 2.05) is 13.8 Å². The number of epoxide rings is 1. The molecule has 0 amide bonds. The van der Waals surface area contributed by atoms with E-state index in [-0.39, 0.29) is 52.5 Å². The number of hydrogen-bond donors (Lipinski definition) is 1. The summed E-state index contributed by atoms with van der Waals surface area (Å²) in [5.74, 6) is -1.36. The number of carbonyl (C=O) groups excluding carboxylic acids is 4. The molecule has 7 rings (SSSR count). The van der Waals surface area contributed by atoms with Crippen LogP contribution in [0.2, 0.25) is 0 Å². The fourth-order valence-electron chi connectivity index (χ4n) is 10.3. The first-order valence-corrected chi connectivity index (χ1v) is 13.0. The molecule has 36 heavy (non-hydrogen) atoms. The first kappa shape index (κ1) is 22.9. The summed E-state index contributed by atoms with van der Waals surface area (Å²) in [6.45, 7) is 8.56. The van der Waals surface area contributed by atoms with Gasteiger partial charge in [-0.15, -0.1) is 0 Å². The molecule has 1 N–H and O–H groups in total. The van der Waals surface area contributed by atoms with Crippen molar-refractivity contribution < 1.29 is 43.2 Å². The number of Topliss-reactive ketones (excluding diaryl/α,β-unsaturated/α-hetero) is 1. The lowest BCUT2D eigenvalue weighted by Crippen LogP contribution is -2.73. The first-order chi connectivity index (χ1) is 16.8. The second kappa shape index (κ2) is 6.41. The van der Waals surface area contributed by atoms with Crippen molar-refractivity contribution in [1.29, 1.82) is 0 Å². The van der Waals surface area contributed by atoms with Gasteiger partial charge in [0.15, 0.2) is 6.10 Å². The van der Waals surface area contributed by atoms with Crippen molar-refractivity contribution in [2.75, 3.05) is 6.61 Å². The standard InChI is InChI=1S/C27H32O9/c1-23(2)10-12-7-17(29)33-11-26(12)14-5-6-24(3)19(13-8-18(30)34-21(13)31)35-22(32)20-27(24,36-20)25(14,4)16(28)9-15(23)26/h8,12,14-15,19-21,31H,5-7,9-11H2,1-4H3/t12-,14+,15+,19-,20-,21-,24+,25-,26+,27-/m0/s1. The smallest absolute Gasteiger partial charge is 0.339 e. The predicted octanol–water partition coefficient (Wildman–Crippen LogP) is 1.84. The quantitative estimate of drug-likeness (QED) is 0.326. The van der Waals surface area contributed by atoms with Crippen LogP contribution in [-0.2, 0) is 38.1 Å². The van der Waals surface area contributed by atoms with Gasteiger partial charge in [-0.25, -0.2) is 9.59 Å². The van der Waals surface area contributed by atoms with Crippen LogP contribution in [-0.4, -0.2) is 59.5 Å². The minimum absolute atomic E-state index is 0.0726. The van der Waals surface area contributed by atoms with E-state index in [0.717, 1.165) is 6.42 Å². The van der Waals surface area contributed by atoms with Gasteiger partial charge < -0.3 is 24.1 Å². The maximum atomic E-state index is 14.3. The highest BCUT2D eigenvalue weighted by Gasteiger charge is 2.89. The number of aliphatic hydroxyl groups is 1. The second-order valence-electron chi connectivity index (χ2n) is 13.2. The number of fused-ring (bicyclic) bond motifs is 1. The Kier molecular flexibility index (Phi) is 4.08. The molecule has 0 bridgehead atoms. The van der Waals surface area contributed by atoms with Crippen molar-refractivity contribution in [1.82, 2.24) is 0 Å². The van der Waals surface area contributed by atoms with Crippen LogP contribution in [0.4, 0.5) is 0 Å². The fraction of sp³-hybridized carbons (Fsp3) is 0.778. The maximum Gasteiger partial charge on any atom is 0.339 e. The molecule has 0 aromatic heterocycles. The van der Waals surface area contributed by atoms with E-state index in [1.165, 1.54) is 6.08 Å². The highest BCUT2D eigenvalue weighted by molar-refractivity contribution is 5.94. The Morgan fingerprint density at radius 1 is 0.972 bits per heavy atom. The highest BCUT2D eigenvalue weighted by atomic mass is 16.7. The van der Waals surface area contributed by atoms with Crippen molar-refractivity contribution in [3.63, 3.8) is 0 Å². The average Bonchev–Trinajstić information content (AvgIpc) is 3.43. The molecule has 4 heterocycles. The summed E-state index contributed by atoms with van der Waals surface area (Å²) in [7, 11) is 0. The second-order valence-corrected chi connectivity index (χ2v) is 13.2. The SMILES string of the molecule is CC1(C)C[C@@H]2CC(=O)OC[C@@]23[C@@H]1CC(=O)[C@]1(C)[C@H]3CC[C@]2(C)[C@H](C3=CC(=O)O[C@@H]3O)OC(=O)[C@@H]3O[C@@]321. The molecule has 6 fully saturated rings. The topological polar surface area (TPSA) is 129 Å². The lowest BCUT2D eigenvalue weighted by molar-refractivity contribution is -0.226. The van der Waals surface area contributed by atoms with E-state index in [0.29, 0.717) is 25.7 Å². The molecule has 7 aliphatic rings. The van der Waals surface area contributed by atoms with E-state index in [2.05, 4.69) is 13.8 Å². The molecule has 9 nitrogen and oxygen atoms in total. The van der Waals surface area contributed by atoms with Crippen molar-refractivity contribution >= 4 is 23.7 Å². The van der Waals surface area contributed by atoms with Crippen LogP contribution < -0.4 is 0 Å². The molecule has 10 atom stereocenters. The summed E-state index contributed by atoms with van der Waals surface area (Å²) in [6, 6.07) is 0. The molecule has 3 saturated heterocycles. The summed E-state index contributed by atoms with van der Waals surface area (Å²) in [5.41, 5.74) is -3.30.